The van der Waals surface area contributed by atoms with E-state index < -0.39 is 6.10 Å². The van der Waals surface area contributed by atoms with Gasteiger partial charge in [0, 0.05) is 18.1 Å². The first-order valence-electron chi connectivity index (χ1n) is 9.01. The van der Waals surface area contributed by atoms with E-state index in [-0.39, 0.29) is 17.9 Å². The van der Waals surface area contributed by atoms with Gasteiger partial charge in [0.1, 0.15) is 0 Å². The minimum absolute atomic E-state index is 0.147. The van der Waals surface area contributed by atoms with Crippen LogP contribution in [0.2, 0.25) is 0 Å². The maximum atomic E-state index is 12.3. The number of nitrogens with zero attached hydrogens (tertiary/aromatic N) is 2. The van der Waals surface area contributed by atoms with Crippen LogP contribution in [0.4, 0.5) is 0 Å². The van der Waals surface area contributed by atoms with Crippen molar-refractivity contribution in [3.8, 4) is 5.69 Å². The monoisotopic (exact) mass is 373 g/mol. The average Bonchev–Trinajstić information content (AvgIpc) is 3.23. The van der Waals surface area contributed by atoms with E-state index in [0.717, 1.165) is 11.3 Å². The van der Waals surface area contributed by atoms with Crippen LogP contribution in [-0.4, -0.2) is 20.5 Å². The summed E-state index contributed by atoms with van der Waals surface area (Å²) in [5.41, 5.74) is 2.20. The van der Waals surface area contributed by atoms with E-state index in [0.29, 0.717) is 16.7 Å². The molecule has 0 aliphatic heterocycles. The minimum Gasteiger partial charge on any atom is -0.454 e. The standard InChI is InChI=1S/C22H19N3O3/c1-15(21-23-19-7-3-2-6-18(19)22(27)24-21)28-20(26)14-16-8-10-17(11-9-16)25-12-4-5-13-25/h2-13,15H,14H2,1H3,(H,23,24,27)/t15-/m0/s1. The summed E-state index contributed by atoms with van der Waals surface area (Å²) in [5, 5.41) is 0.507. The molecule has 6 heteroatoms. The lowest BCUT2D eigenvalue weighted by Crippen LogP contribution is -2.18. The molecular weight excluding hydrogens is 354 g/mol. The molecular formula is C22H19N3O3. The van der Waals surface area contributed by atoms with Gasteiger partial charge in [-0.3, -0.25) is 9.59 Å². The van der Waals surface area contributed by atoms with Gasteiger partial charge in [0.15, 0.2) is 11.9 Å². The molecule has 0 aliphatic rings. The molecule has 2 aromatic carbocycles. The number of nitrogens with one attached hydrogen (secondary N) is 1. The molecule has 4 rings (SSSR count). The van der Waals surface area contributed by atoms with Gasteiger partial charge in [0.05, 0.1) is 17.3 Å². The van der Waals surface area contributed by atoms with Crippen molar-refractivity contribution < 1.29 is 9.53 Å². The van der Waals surface area contributed by atoms with Gasteiger partial charge in [-0.15, -0.1) is 0 Å². The molecule has 0 bridgehead atoms. The van der Waals surface area contributed by atoms with Crippen LogP contribution in [0.1, 0.15) is 24.4 Å². The fraction of sp³-hybridized carbons (Fsp3) is 0.136. The fourth-order valence-corrected chi connectivity index (χ4v) is 3.05. The molecule has 6 nitrogen and oxygen atoms in total. The van der Waals surface area contributed by atoms with Crippen LogP contribution in [0.15, 0.2) is 77.9 Å². The van der Waals surface area contributed by atoms with Gasteiger partial charge in [0.25, 0.3) is 5.56 Å². The third-order valence-corrected chi connectivity index (χ3v) is 4.51. The zero-order valence-corrected chi connectivity index (χ0v) is 15.3. The highest BCUT2D eigenvalue weighted by Crippen LogP contribution is 2.16. The summed E-state index contributed by atoms with van der Waals surface area (Å²) in [4.78, 5) is 31.6. The zero-order valence-electron chi connectivity index (χ0n) is 15.3. The number of carbonyl (C=O) groups is 1. The lowest BCUT2D eigenvalue weighted by Gasteiger charge is -2.13. The van der Waals surface area contributed by atoms with E-state index in [4.69, 9.17) is 4.74 Å². The molecule has 2 heterocycles. The number of para-hydroxylation sites is 1. The normalized spacial score (nSPS) is 12.0. The number of H-pyrrole nitrogens is 1. The van der Waals surface area contributed by atoms with Crippen LogP contribution < -0.4 is 5.56 Å². The molecule has 2 aromatic heterocycles. The number of fused-ring (bicyclic) bond motifs is 1. The van der Waals surface area contributed by atoms with E-state index in [1.54, 1.807) is 25.1 Å². The number of aromatic nitrogens is 3. The highest BCUT2D eigenvalue weighted by molar-refractivity contribution is 5.77. The Morgan fingerprint density at radius 2 is 1.79 bits per heavy atom. The Bertz CT molecular complexity index is 1160. The maximum absolute atomic E-state index is 12.3. The molecule has 0 unspecified atom stereocenters. The zero-order chi connectivity index (χ0) is 19.5. The van der Waals surface area contributed by atoms with Crippen LogP contribution in [0.25, 0.3) is 16.6 Å². The van der Waals surface area contributed by atoms with E-state index in [1.807, 2.05) is 59.4 Å². The summed E-state index contributed by atoms with van der Waals surface area (Å²) < 4.78 is 7.46. The highest BCUT2D eigenvalue weighted by Gasteiger charge is 2.16. The highest BCUT2D eigenvalue weighted by atomic mass is 16.5. The van der Waals surface area contributed by atoms with E-state index in [2.05, 4.69) is 9.97 Å². The molecule has 0 spiro atoms. The Hall–Kier alpha value is -3.67. The number of aromatic amines is 1. The Morgan fingerprint density at radius 1 is 1.07 bits per heavy atom. The van der Waals surface area contributed by atoms with Gasteiger partial charge in [-0.05, 0) is 48.9 Å². The Labute approximate surface area is 161 Å². The largest absolute Gasteiger partial charge is 0.454 e. The summed E-state index contributed by atoms with van der Waals surface area (Å²) >= 11 is 0. The maximum Gasteiger partial charge on any atom is 0.310 e. The smallest absolute Gasteiger partial charge is 0.310 e. The number of carbonyl (C=O) groups excluding carboxylic acids is 1. The number of benzene rings is 2. The molecule has 140 valence electrons. The van der Waals surface area contributed by atoms with Crippen molar-refractivity contribution in [3.63, 3.8) is 0 Å². The summed E-state index contributed by atoms with van der Waals surface area (Å²) in [7, 11) is 0. The van der Waals surface area contributed by atoms with Crippen molar-refractivity contribution >= 4 is 16.9 Å². The van der Waals surface area contributed by atoms with Crippen LogP contribution in [0.3, 0.4) is 0 Å². The van der Waals surface area contributed by atoms with Crippen molar-refractivity contribution in [2.24, 2.45) is 0 Å². The van der Waals surface area contributed by atoms with Crippen molar-refractivity contribution in [3.05, 3.63) is 94.8 Å². The summed E-state index contributed by atoms with van der Waals surface area (Å²) in [6, 6.07) is 18.7. The lowest BCUT2D eigenvalue weighted by molar-refractivity contribution is -0.148. The van der Waals surface area contributed by atoms with Crippen molar-refractivity contribution in [1.29, 1.82) is 0 Å². The molecule has 0 saturated carbocycles. The first-order chi connectivity index (χ1) is 13.6. The van der Waals surface area contributed by atoms with Gasteiger partial charge in [-0.2, -0.15) is 0 Å². The first kappa shape index (κ1) is 17.7. The van der Waals surface area contributed by atoms with Crippen LogP contribution in [-0.2, 0) is 16.0 Å². The van der Waals surface area contributed by atoms with E-state index in [9.17, 15) is 9.59 Å². The molecule has 0 saturated heterocycles. The van der Waals surface area contributed by atoms with Gasteiger partial charge >= 0.3 is 5.97 Å². The quantitative estimate of drug-likeness (QED) is 0.543. The topological polar surface area (TPSA) is 77.0 Å². The molecule has 28 heavy (non-hydrogen) atoms. The number of hydrogen-bond donors (Lipinski definition) is 1. The summed E-state index contributed by atoms with van der Waals surface area (Å²) in [5.74, 6) is -0.0444. The SMILES string of the molecule is C[C@H](OC(=O)Cc1ccc(-n2cccc2)cc1)c1nc2ccccc2c(=O)[nH]1. The molecule has 1 atom stereocenters. The molecule has 0 fully saturated rings. The van der Waals surface area contributed by atoms with Crippen molar-refractivity contribution in [2.45, 2.75) is 19.4 Å². The predicted octanol–water partition coefficient (Wildman–Crippen LogP) is 3.56. The first-order valence-corrected chi connectivity index (χ1v) is 9.01. The second-order valence-corrected chi connectivity index (χ2v) is 6.53. The minimum atomic E-state index is -0.649. The van der Waals surface area contributed by atoms with Gasteiger partial charge in [-0.1, -0.05) is 24.3 Å². The van der Waals surface area contributed by atoms with Gasteiger partial charge < -0.3 is 14.3 Å². The summed E-state index contributed by atoms with van der Waals surface area (Å²) in [6.07, 6.45) is 3.42. The van der Waals surface area contributed by atoms with E-state index >= 15 is 0 Å². The van der Waals surface area contributed by atoms with E-state index in [1.165, 1.54) is 0 Å². The Morgan fingerprint density at radius 3 is 2.54 bits per heavy atom. The summed E-state index contributed by atoms with van der Waals surface area (Å²) in [6.45, 7) is 1.69. The third-order valence-electron chi connectivity index (χ3n) is 4.51. The van der Waals surface area contributed by atoms with Gasteiger partial charge in [0.2, 0.25) is 0 Å². The molecule has 4 aromatic rings. The fourth-order valence-electron chi connectivity index (χ4n) is 3.05. The van der Waals surface area contributed by atoms with Crippen molar-refractivity contribution in [2.75, 3.05) is 0 Å². The second kappa shape index (κ2) is 7.52. The number of esters is 1. The Kier molecular flexibility index (Phi) is 4.76. The number of rotatable bonds is 5. The van der Waals surface area contributed by atoms with Crippen LogP contribution in [0, 0.1) is 0 Å². The predicted molar refractivity (Wildman–Crippen MR) is 106 cm³/mol. The third kappa shape index (κ3) is 3.71. The van der Waals surface area contributed by atoms with Crippen molar-refractivity contribution in [1.82, 2.24) is 14.5 Å². The molecule has 1 N–H and O–H groups in total. The molecule has 0 radical (unpaired) electrons. The van der Waals surface area contributed by atoms with Crippen LogP contribution >= 0.6 is 0 Å². The number of ether oxygens (including phenoxy) is 1. The van der Waals surface area contributed by atoms with Crippen LogP contribution in [0.5, 0.6) is 0 Å². The second-order valence-electron chi connectivity index (χ2n) is 6.53. The molecule has 0 amide bonds. The van der Waals surface area contributed by atoms with Gasteiger partial charge in [-0.25, -0.2) is 4.98 Å². The number of hydrogen-bond acceptors (Lipinski definition) is 4. The lowest BCUT2D eigenvalue weighted by atomic mass is 10.1. The Balaban J connectivity index is 1.44. The average molecular weight is 373 g/mol. The molecule has 0 aliphatic carbocycles.